The molecule has 1 aliphatic heterocycles. The zero-order valence-electron chi connectivity index (χ0n) is 10.2. The number of thioether (sulfide) groups is 1. The highest BCUT2D eigenvalue weighted by molar-refractivity contribution is 9.09. The Balaban J connectivity index is 2.19. The van der Waals surface area contributed by atoms with Gasteiger partial charge in [-0.2, -0.15) is 11.8 Å². The first-order chi connectivity index (χ1) is 7.53. The average molecular weight is 308 g/mol. The number of hydrogen-bond donors (Lipinski definition) is 1. The van der Waals surface area contributed by atoms with Crippen molar-refractivity contribution in [2.24, 2.45) is 11.3 Å². The lowest BCUT2D eigenvalue weighted by Crippen LogP contribution is -2.36. The summed E-state index contributed by atoms with van der Waals surface area (Å²) in [6, 6.07) is 0. The fourth-order valence-corrected chi connectivity index (χ4v) is 3.07. The van der Waals surface area contributed by atoms with Crippen LogP contribution in [0.3, 0.4) is 0 Å². The number of amides is 1. The Morgan fingerprint density at radius 1 is 1.44 bits per heavy atom. The molecule has 4 heteroatoms. The fraction of sp³-hybridized carbons (Fsp3) is 0.917. The molecule has 0 bridgehead atoms. The highest BCUT2D eigenvalue weighted by atomic mass is 79.9. The molecule has 2 nitrogen and oxygen atoms in total. The summed E-state index contributed by atoms with van der Waals surface area (Å²) in [6.07, 6.45) is 3.14. The Morgan fingerprint density at radius 3 is 2.62 bits per heavy atom. The molecule has 0 radical (unpaired) electrons. The monoisotopic (exact) mass is 307 g/mol. The van der Waals surface area contributed by atoms with Crippen LogP contribution in [-0.2, 0) is 4.79 Å². The van der Waals surface area contributed by atoms with E-state index in [1.54, 1.807) is 0 Å². The number of hydrogen-bond acceptors (Lipinski definition) is 2. The van der Waals surface area contributed by atoms with Crippen LogP contribution in [0, 0.1) is 11.3 Å². The van der Waals surface area contributed by atoms with Crippen LogP contribution < -0.4 is 5.32 Å². The first-order valence-corrected chi connectivity index (χ1v) is 8.21. The summed E-state index contributed by atoms with van der Waals surface area (Å²) in [5, 5.41) is 3.96. The van der Waals surface area contributed by atoms with Gasteiger partial charge >= 0.3 is 0 Å². The Hall–Kier alpha value is 0.300. The predicted molar refractivity (Wildman–Crippen MR) is 75.3 cm³/mol. The molecule has 1 saturated heterocycles. The fourth-order valence-electron chi connectivity index (χ4n) is 1.67. The maximum atomic E-state index is 11.7. The Kier molecular flexibility index (Phi) is 6.19. The molecule has 0 atom stereocenters. The summed E-state index contributed by atoms with van der Waals surface area (Å²) in [6.45, 7) is 5.07. The molecule has 0 spiro atoms. The molecular weight excluding hydrogens is 286 g/mol. The van der Waals surface area contributed by atoms with E-state index in [0.717, 1.165) is 18.3 Å². The molecule has 0 aromatic heterocycles. The van der Waals surface area contributed by atoms with Gasteiger partial charge < -0.3 is 5.32 Å². The van der Waals surface area contributed by atoms with Gasteiger partial charge in [-0.15, -0.1) is 0 Å². The van der Waals surface area contributed by atoms with Crippen LogP contribution in [-0.4, -0.2) is 29.3 Å². The Morgan fingerprint density at radius 2 is 2.06 bits per heavy atom. The van der Waals surface area contributed by atoms with Crippen LogP contribution in [0.15, 0.2) is 0 Å². The number of carbonyl (C=O) groups excluding carboxylic acids is 1. The van der Waals surface area contributed by atoms with Crippen LogP contribution in [0.5, 0.6) is 0 Å². The van der Waals surface area contributed by atoms with Crippen molar-refractivity contribution >= 4 is 33.6 Å². The van der Waals surface area contributed by atoms with Gasteiger partial charge in [-0.05, 0) is 35.7 Å². The molecule has 0 aromatic rings. The lowest BCUT2D eigenvalue weighted by molar-refractivity contribution is -0.122. The van der Waals surface area contributed by atoms with E-state index in [4.69, 9.17) is 0 Å². The highest BCUT2D eigenvalue weighted by Gasteiger charge is 2.20. The van der Waals surface area contributed by atoms with Crippen LogP contribution in [0.25, 0.3) is 0 Å². The predicted octanol–water partition coefficient (Wildman–Crippen LogP) is 3.06. The van der Waals surface area contributed by atoms with Crippen LogP contribution in [0.2, 0.25) is 0 Å². The maximum Gasteiger partial charge on any atom is 0.220 e. The van der Waals surface area contributed by atoms with Crippen LogP contribution >= 0.6 is 27.7 Å². The molecule has 1 fully saturated rings. The number of carbonyl (C=O) groups is 1. The zero-order chi connectivity index (χ0) is 12.0. The second-order valence-corrected chi connectivity index (χ2v) is 7.12. The lowest BCUT2D eigenvalue weighted by Gasteiger charge is -2.24. The molecule has 94 valence electrons. The van der Waals surface area contributed by atoms with Gasteiger partial charge in [0.25, 0.3) is 0 Å². The number of alkyl halides is 1. The van der Waals surface area contributed by atoms with Gasteiger partial charge in [0, 0.05) is 18.3 Å². The van der Waals surface area contributed by atoms with Gasteiger partial charge in [-0.1, -0.05) is 29.8 Å². The summed E-state index contributed by atoms with van der Waals surface area (Å²) in [5.41, 5.74) is 0.151. The van der Waals surface area contributed by atoms with Crippen LogP contribution in [0.1, 0.15) is 33.1 Å². The van der Waals surface area contributed by atoms with Crippen molar-refractivity contribution in [2.45, 2.75) is 33.1 Å². The second kappa shape index (κ2) is 6.90. The van der Waals surface area contributed by atoms with Gasteiger partial charge in [0.2, 0.25) is 5.91 Å². The minimum Gasteiger partial charge on any atom is -0.356 e. The zero-order valence-corrected chi connectivity index (χ0v) is 12.6. The van der Waals surface area contributed by atoms with Crippen molar-refractivity contribution in [1.82, 2.24) is 5.32 Å². The molecule has 0 saturated carbocycles. The molecule has 0 aromatic carbocycles. The summed E-state index contributed by atoms with van der Waals surface area (Å²) in [7, 11) is 0. The number of nitrogens with one attached hydrogen (secondary N) is 1. The van der Waals surface area contributed by atoms with Gasteiger partial charge in [0.05, 0.1) is 0 Å². The van der Waals surface area contributed by atoms with E-state index in [2.05, 4.69) is 35.1 Å². The summed E-state index contributed by atoms with van der Waals surface area (Å²) in [4.78, 5) is 11.7. The number of halogens is 1. The SMILES string of the molecule is CC(C)(CBr)CNC(=O)CC1CCSCC1. The summed E-state index contributed by atoms with van der Waals surface area (Å²) >= 11 is 5.47. The van der Waals surface area contributed by atoms with Gasteiger partial charge in [-0.25, -0.2) is 0 Å². The molecular formula is C12H22BrNOS. The first kappa shape index (κ1) is 14.4. The van der Waals surface area contributed by atoms with E-state index < -0.39 is 0 Å². The quantitative estimate of drug-likeness (QED) is 0.791. The summed E-state index contributed by atoms with van der Waals surface area (Å²) in [5.74, 6) is 3.30. The van der Waals surface area contributed by atoms with E-state index in [0.29, 0.717) is 5.92 Å². The Labute approximate surface area is 111 Å². The van der Waals surface area contributed by atoms with Gasteiger partial charge in [0.1, 0.15) is 0 Å². The molecule has 1 aliphatic rings. The average Bonchev–Trinajstić information content (AvgIpc) is 2.28. The van der Waals surface area contributed by atoms with Crippen LogP contribution in [0.4, 0.5) is 0 Å². The normalized spacial score (nSPS) is 18.4. The standard InChI is InChI=1S/C12H22BrNOS/c1-12(2,8-13)9-14-11(15)7-10-3-5-16-6-4-10/h10H,3-9H2,1-2H3,(H,14,15). The van der Waals surface area contributed by atoms with E-state index in [-0.39, 0.29) is 11.3 Å². The van der Waals surface area contributed by atoms with E-state index in [1.807, 2.05) is 11.8 Å². The van der Waals surface area contributed by atoms with Gasteiger partial charge in [-0.3, -0.25) is 4.79 Å². The molecule has 16 heavy (non-hydrogen) atoms. The smallest absolute Gasteiger partial charge is 0.220 e. The van der Waals surface area contributed by atoms with Crippen molar-refractivity contribution < 1.29 is 4.79 Å². The molecule has 1 amide bonds. The minimum absolute atomic E-state index is 0.151. The summed E-state index contributed by atoms with van der Waals surface area (Å²) < 4.78 is 0. The largest absolute Gasteiger partial charge is 0.356 e. The highest BCUT2D eigenvalue weighted by Crippen LogP contribution is 2.25. The second-order valence-electron chi connectivity index (χ2n) is 5.33. The van der Waals surface area contributed by atoms with E-state index >= 15 is 0 Å². The molecule has 1 rings (SSSR count). The minimum atomic E-state index is 0.151. The van der Waals surface area contributed by atoms with Gasteiger partial charge in [0.15, 0.2) is 0 Å². The first-order valence-electron chi connectivity index (χ1n) is 5.94. The van der Waals surface area contributed by atoms with Crippen molar-refractivity contribution in [3.8, 4) is 0 Å². The molecule has 1 heterocycles. The molecule has 0 aliphatic carbocycles. The van der Waals surface area contributed by atoms with Crippen molar-refractivity contribution in [2.75, 3.05) is 23.4 Å². The van der Waals surface area contributed by atoms with E-state index in [1.165, 1.54) is 24.3 Å². The Bertz CT molecular complexity index is 227. The maximum absolute atomic E-state index is 11.7. The van der Waals surface area contributed by atoms with Crippen molar-refractivity contribution in [3.63, 3.8) is 0 Å². The third kappa shape index (κ3) is 5.58. The van der Waals surface area contributed by atoms with Crippen molar-refractivity contribution in [3.05, 3.63) is 0 Å². The topological polar surface area (TPSA) is 29.1 Å². The molecule has 0 unspecified atom stereocenters. The third-order valence-corrected chi connectivity index (χ3v) is 5.51. The van der Waals surface area contributed by atoms with E-state index in [9.17, 15) is 4.79 Å². The van der Waals surface area contributed by atoms with Crippen molar-refractivity contribution in [1.29, 1.82) is 0 Å². The number of rotatable bonds is 5. The lowest BCUT2D eigenvalue weighted by atomic mass is 9.95. The molecule has 1 N–H and O–H groups in total. The third-order valence-electron chi connectivity index (χ3n) is 2.94.